The second-order valence-corrected chi connectivity index (χ2v) is 6.92. The Morgan fingerprint density at radius 3 is 2.71 bits per heavy atom. The van der Waals surface area contributed by atoms with Crippen LogP contribution in [0, 0.1) is 0 Å². The van der Waals surface area contributed by atoms with Gasteiger partial charge in [-0.2, -0.15) is 12.8 Å². The molecule has 0 saturated carbocycles. The molecule has 0 unspecified atom stereocenters. The van der Waals surface area contributed by atoms with Crippen molar-refractivity contribution in [1.29, 1.82) is 0 Å². The predicted octanol–water partition coefficient (Wildman–Crippen LogP) is 3.32. The molecule has 17 heavy (non-hydrogen) atoms. The van der Waals surface area contributed by atoms with Gasteiger partial charge in [-0.3, -0.25) is 0 Å². The molecule has 0 aliphatic carbocycles. The first-order valence-corrected chi connectivity index (χ1v) is 7.79. The van der Waals surface area contributed by atoms with Crippen molar-refractivity contribution in [3.8, 4) is 0 Å². The van der Waals surface area contributed by atoms with Crippen LogP contribution >= 0.6 is 27.3 Å². The van der Waals surface area contributed by atoms with Crippen LogP contribution in [-0.2, 0) is 10.0 Å². The molecule has 2 rings (SSSR count). The van der Waals surface area contributed by atoms with E-state index in [1.165, 1.54) is 12.3 Å². The van der Waals surface area contributed by atoms with E-state index in [1.807, 2.05) is 12.1 Å². The number of sulfonamides is 1. The van der Waals surface area contributed by atoms with E-state index in [-0.39, 0.29) is 4.21 Å². The number of rotatable bonds is 3. The Kier molecular flexibility index (Phi) is 3.76. The molecule has 0 amide bonds. The Hall–Kier alpha value is -0.980. The molecule has 0 N–H and O–H groups in total. The van der Waals surface area contributed by atoms with Gasteiger partial charge in [0, 0.05) is 10.7 Å². The van der Waals surface area contributed by atoms with E-state index in [9.17, 15) is 8.42 Å². The average Bonchev–Trinajstić information content (AvgIpc) is 2.81. The topological polar surface area (TPSA) is 46.5 Å². The Bertz CT molecular complexity index is 633. The number of halogens is 1. The van der Waals surface area contributed by atoms with Gasteiger partial charge in [0.2, 0.25) is 0 Å². The van der Waals surface area contributed by atoms with Gasteiger partial charge >= 0.3 is 0 Å². The van der Waals surface area contributed by atoms with Gasteiger partial charge in [-0.1, -0.05) is 34.1 Å². The Labute approximate surface area is 112 Å². The molecule has 3 nitrogen and oxygen atoms in total. The molecule has 1 heterocycles. The molecular weight excluding hydrogens is 322 g/mol. The molecule has 0 spiro atoms. The lowest BCUT2D eigenvalue weighted by molar-refractivity contribution is 0.600. The van der Waals surface area contributed by atoms with Gasteiger partial charge in [-0.15, -0.1) is 11.3 Å². The van der Waals surface area contributed by atoms with Crippen LogP contribution in [0.3, 0.4) is 0 Å². The van der Waals surface area contributed by atoms with E-state index in [2.05, 4.69) is 20.3 Å². The first-order chi connectivity index (χ1) is 8.08. The summed E-state index contributed by atoms with van der Waals surface area (Å²) < 4.78 is 28.3. The van der Waals surface area contributed by atoms with Crippen LogP contribution in [-0.4, -0.2) is 14.6 Å². The fourth-order valence-electron chi connectivity index (χ4n) is 1.18. The number of hydrogen-bond donors (Lipinski definition) is 0. The van der Waals surface area contributed by atoms with Crippen LogP contribution in [0.4, 0.5) is 0 Å². The van der Waals surface area contributed by atoms with Crippen LogP contribution in [0.2, 0.25) is 0 Å². The van der Waals surface area contributed by atoms with Gasteiger partial charge in [-0.05, 0) is 29.1 Å². The summed E-state index contributed by atoms with van der Waals surface area (Å²) in [7, 11) is -3.56. The molecule has 0 fully saturated rings. The lowest BCUT2D eigenvalue weighted by atomic mass is 10.2. The van der Waals surface area contributed by atoms with Crippen molar-refractivity contribution in [2.75, 3.05) is 0 Å². The lowest BCUT2D eigenvalue weighted by Crippen LogP contribution is -1.94. The Balaban J connectivity index is 2.28. The summed E-state index contributed by atoms with van der Waals surface area (Å²) in [5.74, 6) is 0. The summed E-state index contributed by atoms with van der Waals surface area (Å²) >= 11 is 4.47. The first-order valence-electron chi connectivity index (χ1n) is 4.67. The lowest BCUT2D eigenvalue weighted by Gasteiger charge is -1.95. The normalized spacial score (nSPS) is 12.1. The van der Waals surface area contributed by atoms with Gasteiger partial charge in [-0.25, -0.2) is 0 Å². The molecule has 1 aromatic heterocycles. The van der Waals surface area contributed by atoms with E-state index in [1.54, 1.807) is 23.6 Å². The molecule has 0 atom stereocenters. The monoisotopic (exact) mass is 329 g/mol. The highest BCUT2D eigenvalue weighted by Crippen LogP contribution is 2.18. The molecule has 1 aromatic carbocycles. The minimum atomic E-state index is -3.56. The molecule has 0 aliphatic rings. The van der Waals surface area contributed by atoms with Crippen molar-refractivity contribution < 1.29 is 8.42 Å². The Morgan fingerprint density at radius 2 is 2.06 bits per heavy atom. The SMILES string of the molecule is O=S(=O)(/N=C\c1cccc(Br)c1)c1cccs1. The fraction of sp³-hybridized carbons (Fsp3) is 0. The molecule has 0 saturated heterocycles. The maximum Gasteiger partial charge on any atom is 0.291 e. The highest BCUT2D eigenvalue weighted by Gasteiger charge is 2.11. The van der Waals surface area contributed by atoms with Crippen LogP contribution in [0.25, 0.3) is 0 Å². The maximum atomic E-state index is 11.8. The third-order valence-electron chi connectivity index (χ3n) is 1.94. The summed E-state index contributed by atoms with van der Waals surface area (Å²) in [5, 5.41) is 1.71. The van der Waals surface area contributed by atoms with E-state index in [4.69, 9.17) is 0 Å². The van der Waals surface area contributed by atoms with Crippen LogP contribution in [0.15, 0.2) is 54.9 Å². The van der Waals surface area contributed by atoms with E-state index < -0.39 is 10.0 Å². The van der Waals surface area contributed by atoms with Gasteiger partial charge in [0.15, 0.2) is 0 Å². The van der Waals surface area contributed by atoms with Crippen LogP contribution in [0.1, 0.15) is 5.56 Å². The van der Waals surface area contributed by atoms with E-state index >= 15 is 0 Å². The summed E-state index contributed by atoms with van der Waals surface area (Å²) in [6.07, 6.45) is 1.35. The fourth-order valence-corrected chi connectivity index (χ4v) is 3.44. The molecule has 0 bridgehead atoms. The van der Waals surface area contributed by atoms with Gasteiger partial charge < -0.3 is 0 Å². The average molecular weight is 330 g/mol. The zero-order chi connectivity index (χ0) is 12.3. The zero-order valence-electron chi connectivity index (χ0n) is 8.58. The zero-order valence-corrected chi connectivity index (χ0v) is 11.8. The minimum absolute atomic E-state index is 0.253. The third-order valence-corrected chi connectivity index (χ3v) is 5.04. The molecular formula is C11H8BrNO2S2. The largest absolute Gasteiger partial charge is 0.291 e. The summed E-state index contributed by atoms with van der Waals surface area (Å²) in [6.45, 7) is 0. The summed E-state index contributed by atoms with van der Waals surface area (Å²) in [5.41, 5.74) is 0.736. The van der Waals surface area contributed by atoms with Crippen molar-refractivity contribution in [3.05, 3.63) is 51.8 Å². The molecule has 0 aliphatic heterocycles. The smallest absolute Gasteiger partial charge is 0.198 e. The van der Waals surface area contributed by atoms with Crippen LogP contribution in [0.5, 0.6) is 0 Å². The highest BCUT2D eigenvalue weighted by molar-refractivity contribution is 9.10. The van der Waals surface area contributed by atoms with Crippen molar-refractivity contribution in [1.82, 2.24) is 0 Å². The summed E-state index contributed by atoms with van der Waals surface area (Å²) in [6, 6.07) is 10.5. The second kappa shape index (κ2) is 5.12. The minimum Gasteiger partial charge on any atom is -0.198 e. The second-order valence-electron chi connectivity index (χ2n) is 3.20. The van der Waals surface area contributed by atoms with Crippen LogP contribution < -0.4 is 0 Å². The standard InChI is InChI=1S/C11H8BrNO2S2/c12-10-4-1-3-9(7-10)8-13-17(14,15)11-5-2-6-16-11/h1-8H/b13-8-. The number of hydrogen-bond acceptors (Lipinski definition) is 3. The van der Waals surface area contributed by atoms with Gasteiger partial charge in [0.25, 0.3) is 10.0 Å². The highest BCUT2D eigenvalue weighted by atomic mass is 79.9. The first kappa shape index (κ1) is 12.5. The van der Waals surface area contributed by atoms with Crippen molar-refractivity contribution in [2.24, 2.45) is 4.40 Å². The van der Waals surface area contributed by atoms with E-state index in [0.29, 0.717) is 0 Å². The maximum absolute atomic E-state index is 11.8. The number of benzene rings is 1. The molecule has 2 aromatic rings. The molecule has 88 valence electrons. The van der Waals surface area contributed by atoms with Gasteiger partial charge in [0.1, 0.15) is 4.21 Å². The van der Waals surface area contributed by atoms with Crippen molar-refractivity contribution in [3.63, 3.8) is 0 Å². The Morgan fingerprint density at radius 1 is 1.24 bits per heavy atom. The molecule has 0 radical (unpaired) electrons. The number of thiophene rings is 1. The van der Waals surface area contributed by atoms with Crippen molar-refractivity contribution >= 4 is 43.5 Å². The van der Waals surface area contributed by atoms with E-state index in [0.717, 1.165) is 21.4 Å². The number of nitrogens with zero attached hydrogens (tertiary/aromatic N) is 1. The van der Waals surface area contributed by atoms with Gasteiger partial charge in [0.05, 0.1) is 0 Å². The quantitative estimate of drug-likeness (QED) is 0.811. The summed E-state index contributed by atoms with van der Waals surface area (Å²) in [4.78, 5) is 0. The molecule has 6 heteroatoms. The predicted molar refractivity (Wildman–Crippen MR) is 73.2 cm³/mol. The third kappa shape index (κ3) is 3.24. The van der Waals surface area contributed by atoms with Crippen molar-refractivity contribution in [2.45, 2.75) is 4.21 Å².